The molecule has 0 aromatic rings. The van der Waals surface area contributed by atoms with Crippen molar-refractivity contribution in [1.82, 2.24) is 10.2 Å². The molecule has 1 aliphatic carbocycles. The molecule has 8 heteroatoms. The van der Waals surface area contributed by atoms with E-state index < -0.39 is 11.9 Å². The summed E-state index contributed by atoms with van der Waals surface area (Å²) >= 11 is 0. The number of carbonyl (C=O) groups is 3. The van der Waals surface area contributed by atoms with Crippen molar-refractivity contribution in [3.05, 3.63) is 12.2 Å². The summed E-state index contributed by atoms with van der Waals surface area (Å²) in [5.41, 5.74) is 0.409. The van der Waals surface area contributed by atoms with Crippen LogP contribution in [0.4, 0.5) is 4.79 Å². The number of amides is 1. The fourth-order valence-corrected chi connectivity index (χ4v) is 1.85. The Labute approximate surface area is 129 Å². The lowest BCUT2D eigenvalue weighted by molar-refractivity contribution is -0.134. The third-order valence-electron chi connectivity index (χ3n) is 3.37. The Bertz CT molecular complexity index is 400. The number of hydrogen-bond donors (Lipinski definition) is 3. The number of carboxylic acids is 2. The van der Waals surface area contributed by atoms with Crippen LogP contribution in [0.25, 0.3) is 0 Å². The minimum atomic E-state index is -1.26. The highest BCUT2D eigenvalue weighted by Crippen LogP contribution is 2.43. The summed E-state index contributed by atoms with van der Waals surface area (Å²) in [4.78, 5) is 32.1. The molecule has 1 amide bonds. The van der Waals surface area contributed by atoms with E-state index >= 15 is 0 Å². The van der Waals surface area contributed by atoms with Crippen LogP contribution in [0.1, 0.15) is 25.7 Å². The summed E-state index contributed by atoms with van der Waals surface area (Å²) < 4.78 is 4.93. The first kappa shape index (κ1) is 19.9. The van der Waals surface area contributed by atoms with Gasteiger partial charge in [0.2, 0.25) is 0 Å². The van der Waals surface area contributed by atoms with Crippen molar-refractivity contribution in [2.75, 3.05) is 27.7 Å². The number of carbonyl (C=O) groups excluding carboxylic acids is 1. The van der Waals surface area contributed by atoms with E-state index in [1.807, 2.05) is 0 Å². The molecule has 1 saturated carbocycles. The van der Waals surface area contributed by atoms with Gasteiger partial charge in [-0.2, -0.15) is 0 Å². The quantitative estimate of drug-likeness (QED) is 0.472. The molecule has 0 aromatic heterocycles. The van der Waals surface area contributed by atoms with Crippen LogP contribution < -0.4 is 5.32 Å². The average Bonchev–Trinajstić information content (AvgIpc) is 3.23. The van der Waals surface area contributed by atoms with Gasteiger partial charge in [-0.05, 0) is 39.8 Å². The molecule has 0 heterocycles. The van der Waals surface area contributed by atoms with Crippen molar-refractivity contribution in [2.45, 2.75) is 31.2 Å². The van der Waals surface area contributed by atoms with Gasteiger partial charge in [0.1, 0.15) is 0 Å². The number of rotatable bonds is 7. The normalized spacial score (nSPS) is 14.9. The van der Waals surface area contributed by atoms with Crippen molar-refractivity contribution in [1.29, 1.82) is 0 Å². The molecule has 3 N–H and O–H groups in total. The lowest BCUT2D eigenvalue weighted by Crippen LogP contribution is -2.30. The SMILES string of the molecule is CNC(=O)OCCCC1(N(C)C)CC1.O=C(O)C=CC(=O)O. The molecular formula is C14H24N2O6. The van der Waals surface area contributed by atoms with E-state index in [1.54, 1.807) is 7.05 Å². The summed E-state index contributed by atoms with van der Waals surface area (Å²) in [5.74, 6) is -2.51. The Morgan fingerprint density at radius 2 is 1.68 bits per heavy atom. The summed E-state index contributed by atoms with van der Waals surface area (Å²) in [6.07, 6.45) is 5.41. The second kappa shape index (κ2) is 9.78. The highest BCUT2D eigenvalue weighted by Gasteiger charge is 2.43. The lowest BCUT2D eigenvalue weighted by Gasteiger charge is -2.23. The van der Waals surface area contributed by atoms with Crippen LogP contribution in [0.15, 0.2) is 12.2 Å². The smallest absolute Gasteiger partial charge is 0.406 e. The van der Waals surface area contributed by atoms with Crippen LogP contribution in [-0.2, 0) is 14.3 Å². The van der Waals surface area contributed by atoms with Crippen LogP contribution in [0, 0.1) is 0 Å². The molecule has 0 atom stereocenters. The van der Waals surface area contributed by atoms with Crippen molar-refractivity contribution in [3.63, 3.8) is 0 Å². The number of nitrogens with one attached hydrogen (secondary N) is 1. The number of aliphatic carboxylic acids is 2. The van der Waals surface area contributed by atoms with Gasteiger partial charge in [0.15, 0.2) is 0 Å². The van der Waals surface area contributed by atoms with E-state index in [2.05, 4.69) is 24.3 Å². The standard InChI is InChI=1S/C10H20N2O2.C4H4O4/c1-11-9(13)14-8-4-5-10(6-7-10)12(2)3;5-3(6)1-2-4(7)8/h4-8H2,1-3H3,(H,11,13);1-2H,(H,5,6)(H,7,8). The van der Waals surface area contributed by atoms with E-state index in [4.69, 9.17) is 14.9 Å². The molecule has 1 rings (SSSR count). The van der Waals surface area contributed by atoms with Crippen molar-refractivity contribution < 1.29 is 29.3 Å². The topological polar surface area (TPSA) is 116 Å². The molecule has 1 fully saturated rings. The zero-order valence-electron chi connectivity index (χ0n) is 13.2. The first-order valence-corrected chi connectivity index (χ1v) is 6.89. The van der Waals surface area contributed by atoms with Crippen molar-refractivity contribution >= 4 is 18.0 Å². The van der Waals surface area contributed by atoms with Gasteiger partial charge in [0, 0.05) is 24.7 Å². The van der Waals surface area contributed by atoms with Gasteiger partial charge in [0.05, 0.1) is 6.61 Å². The summed E-state index contributed by atoms with van der Waals surface area (Å²) in [7, 11) is 5.81. The fourth-order valence-electron chi connectivity index (χ4n) is 1.85. The zero-order valence-corrected chi connectivity index (χ0v) is 13.2. The molecule has 0 bridgehead atoms. The van der Waals surface area contributed by atoms with Gasteiger partial charge in [0.25, 0.3) is 0 Å². The van der Waals surface area contributed by atoms with E-state index in [1.165, 1.54) is 12.8 Å². The summed E-state index contributed by atoms with van der Waals surface area (Å²) in [5, 5.41) is 18.1. The van der Waals surface area contributed by atoms with Gasteiger partial charge < -0.3 is 25.2 Å². The lowest BCUT2D eigenvalue weighted by atomic mass is 10.1. The van der Waals surface area contributed by atoms with Crippen LogP contribution in [-0.4, -0.2) is 66.4 Å². The fraction of sp³-hybridized carbons (Fsp3) is 0.643. The van der Waals surface area contributed by atoms with E-state index in [0.717, 1.165) is 12.8 Å². The Morgan fingerprint density at radius 1 is 1.18 bits per heavy atom. The van der Waals surface area contributed by atoms with Gasteiger partial charge in [-0.25, -0.2) is 14.4 Å². The second-order valence-corrected chi connectivity index (χ2v) is 5.12. The molecule has 0 saturated heterocycles. The number of hydrogen-bond acceptors (Lipinski definition) is 5. The number of ether oxygens (including phenoxy) is 1. The maximum absolute atomic E-state index is 10.7. The third-order valence-corrected chi connectivity index (χ3v) is 3.37. The first-order chi connectivity index (χ1) is 10.2. The predicted octanol–water partition coefficient (Wildman–Crippen LogP) is 0.929. The van der Waals surface area contributed by atoms with E-state index in [9.17, 15) is 14.4 Å². The molecule has 22 heavy (non-hydrogen) atoms. The minimum Gasteiger partial charge on any atom is -0.478 e. The van der Waals surface area contributed by atoms with Gasteiger partial charge in [-0.1, -0.05) is 0 Å². The molecule has 126 valence electrons. The number of carboxylic acid groups (broad SMARTS) is 2. The molecule has 0 spiro atoms. The summed E-state index contributed by atoms with van der Waals surface area (Å²) in [6, 6.07) is 0. The van der Waals surface area contributed by atoms with Crippen LogP contribution in [0.2, 0.25) is 0 Å². The average molecular weight is 316 g/mol. The predicted molar refractivity (Wildman–Crippen MR) is 79.7 cm³/mol. The first-order valence-electron chi connectivity index (χ1n) is 6.89. The third kappa shape index (κ3) is 8.96. The molecule has 0 aliphatic heterocycles. The van der Waals surface area contributed by atoms with Gasteiger partial charge >= 0.3 is 18.0 Å². The Balaban J connectivity index is 0.000000472. The van der Waals surface area contributed by atoms with Gasteiger partial charge in [-0.3, -0.25) is 0 Å². The monoisotopic (exact) mass is 316 g/mol. The molecule has 0 unspecified atom stereocenters. The largest absolute Gasteiger partial charge is 0.478 e. The molecule has 0 aromatic carbocycles. The van der Waals surface area contributed by atoms with Crippen LogP contribution >= 0.6 is 0 Å². The minimum absolute atomic E-state index is 0.334. The van der Waals surface area contributed by atoms with E-state index in [-0.39, 0.29) is 6.09 Å². The molecule has 0 radical (unpaired) electrons. The maximum atomic E-state index is 10.7. The zero-order chi connectivity index (χ0) is 17.2. The summed E-state index contributed by atoms with van der Waals surface area (Å²) in [6.45, 7) is 0.523. The van der Waals surface area contributed by atoms with Crippen LogP contribution in [0.5, 0.6) is 0 Å². The van der Waals surface area contributed by atoms with Crippen LogP contribution in [0.3, 0.4) is 0 Å². The Kier molecular flexibility index (Phi) is 8.85. The van der Waals surface area contributed by atoms with Gasteiger partial charge in [-0.15, -0.1) is 0 Å². The molecular weight excluding hydrogens is 292 g/mol. The molecule has 1 aliphatic rings. The Hall–Kier alpha value is -2.09. The van der Waals surface area contributed by atoms with Crippen molar-refractivity contribution in [3.8, 4) is 0 Å². The van der Waals surface area contributed by atoms with E-state index in [0.29, 0.717) is 24.3 Å². The maximum Gasteiger partial charge on any atom is 0.406 e. The number of alkyl carbamates (subject to hydrolysis) is 1. The number of nitrogens with zero attached hydrogens (tertiary/aromatic N) is 1. The highest BCUT2D eigenvalue weighted by molar-refractivity contribution is 5.89. The second-order valence-electron chi connectivity index (χ2n) is 5.12. The highest BCUT2D eigenvalue weighted by atomic mass is 16.5. The molecule has 8 nitrogen and oxygen atoms in total. The Morgan fingerprint density at radius 3 is 2.00 bits per heavy atom. The van der Waals surface area contributed by atoms with Crippen molar-refractivity contribution in [2.24, 2.45) is 0 Å².